The Morgan fingerprint density at radius 1 is 1.03 bits per heavy atom. The molecule has 0 spiro atoms. The molecule has 2 aliphatic rings. The predicted octanol–water partition coefficient (Wildman–Crippen LogP) is 3.83. The lowest BCUT2D eigenvalue weighted by Crippen LogP contribution is -2.41. The number of para-hydroxylation sites is 1. The van der Waals surface area contributed by atoms with Gasteiger partial charge in [-0.2, -0.15) is 0 Å². The Labute approximate surface area is 211 Å². The fourth-order valence-corrected chi connectivity index (χ4v) is 4.22. The lowest BCUT2D eigenvalue weighted by Gasteiger charge is -2.29. The third-order valence-electron chi connectivity index (χ3n) is 6.51. The molecule has 1 fully saturated rings. The van der Waals surface area contributed by atoms with Crippen molar-refractivity contribution in [2.45, 2.75) is 31.8 Å². The topological polar surface area (TPSA) is 100 Å². The van der Waals surface area contributed by atoms with E-state index in [1.165, 1.54) is 0 Å². The van der Waals surface area contributed by atoms with E-state index in [1.54, 1.807) is 49.4 Å². The molecule has 36 heavy (non-hydrogen) atoms. The zero-order valence-corrected chi connectivity index (χ0v) is 20.9. The Hall–Kier alpha value is -3.59. The van der Waals surface area contributed by atoms with Gasteiger partial charge in [-0.1, -0.05) is 18.2 Å². The minimum absolute atomic E-state index is 0.140. The number of ether oxygens (including phenoxy) is 2. The van der Waals surface area contributed by atoms with E-state index in [2.05, 4.69) is 10.6 Å². The number of urea groups is 1. The molecular weight excluding hydrogens is 460 g/mol. The summed E-state index contributed by atoms with van der Waals surface area (Å²) in [5.41, 5.74) is 1.46. The minimum Gasteiger partial charge on any atom is -0.491 e. The number of likely N-dealkylation sites (N-methyl/N-ethyl adjacent to an activating group) is 1. The van der Waals surface area contributed by atoms with Crippen molar-refractivity contribution in [1.29, 1.82) is 0 Å². The van der Waals surface area contributed by atoms with Gasteiger partial charge in [-0.05, 0) is 55.5 Å². The molecule has 2 aromatic rings. The average molecular weight is 495 g/mol. The highest BCUT2D eigenvalue weighted by Crippen LogP contribution is 2.33. The molecule has 0 bridgehead atoms. The Bertz CT molecular complexity index is 1070. The van der Waals surface area contributed by atoms with E-state index in [-0.39, 0.29) is 24.5 Å². The van der Waals surface area contributed by atoms with Crippen LogP contribution in [0.4, 0.5) is 16.2 Å². The van der Waals surface area contributed by atoms with Gasteiger partial charge in [-0.25, -0.2) is 4.79 Å². The predicted molar refractivity (Wildman–Crippen MR) is 137 cm³/mol. The van der Waals surface area contributed by atoms with Gasteiger partial charge in [0.15, 0.2) is 0 Å². The number of amides is 4. The van der Waals surface area contributed by atoms with E-state index in [0.29, 0.717) is 61.1 Å². The number of nitrogens with zero attached hydrogens (tertiary/aromatic N) is 2. The summed E-state index contributed by atoms with van der Waals surface area (Å²) in [7, 11) is 3.33. The maximum absolute atomic E-state index is 13.3. The van der Waals surface area contributed by atoms with Crippen LogP contribution in [-0.4, -0.2) is 74.1 Å². The molecular formula is C27H34N4O5. The monoisotopic (exact) mass is 494 g/mol. The number of anilines is 2. The number of carbonyl (C=O) groups excluding carboxylic acids is 3. The molecule has 4 amide bonds. The first-order valence-corrected chi connectivity index (χ1v) is 12.4. The van der Waals surface area contributed by atoms with Gasteiger partial charge in [0.1, 0.15) is 12.4 Å². The number of carbonyl (C=O) groups is 3. The van der Waals surface area contributed by atoms with Crippen LogP contribution in [-0.2, 0) is 9.53 Å². The van der Waals surface area contributed by atoms with Crippen LogP contribution in [0.1, 0.15) is 36.0 Å². The van der Waals surface area contributed by atoms with Crippen LogP contribution >= 0.6 is 0 Å². The number of methoxy groups -OCH3 is 1. The third kappa shape index (κ3) is 6.97. The second-order valence-electron chi connectivity index (χ2n) is 9.36. The van der Waals surface area contributed by atoms with E-state index in [0.717, 1.165) is 12.8 Å². The zero-order chi connectivity index (χ0) is 25.5. The van der Waals surface area contributed by atoms with Crippen molar-refractivity contribution < 1.29 is 23.9 Å². The number of nitrogens with one attached hydrogen (secondary N) is 2. The number of hydrogen-bond acceptors (Lipinski definition) is 5. The Morgan fingerprint density at radius 2 is 1.78 bits per heavy atom. The second kappa shape index (κ2) is 11.9. The maximum atomic E-state index is 13.3. The molecule has 1 heterocycles. The minimum atomic E-state index is -0.416. The molecule has 9 nitrogen and oxygen atoms in total. The summed E-state index contributed by atoms with van der Waals surface area (Å²) < 4.78 is 11.6. The van der Waals surface area contributed by atoms with E-state index in [9.17, 15) is 14.4 Å². The Morgan fingerprint density at radius 3 is 2.50 bits per heavy atom. The molecule has 0 saturated heterocycles. The van der Waals surface area contributed by atoms with Crippen LogP contribution in [0, 0.1) is 5.92 Å². The van der Waals surface area contributed by atoms with Gasteiger partial charge in [0, 0.05) is 45.0 Å². The molecule has 4 rings (SSSR count). The van der Waals surface area contributed by atoms with Gasteiger partial charge in [-0.3, -0.25) is 9.59 Å². The molecule has 192 valence electrons. The fraction of sp³-hybridized carbons (Fsp3) is 0.444. The highest BCUT2D eigenvalue weighted by Gasteiger charge is 2.28. The van der Waals surface area contributed by atoms with Crippen molar-refractivity contribution in [2.75, 3.05) is 51.0 Å². The molecule has 1 atom stereocenters. The second-order valence-corrected chi connectivity index (χ2v) is 9.36. The molecule has 2 aromatic carbocycles. The smallest absolute Gasteiger partial charge is 0.323 e. The first-order chi connectivity index (χ1) is 17.4. The summed E-state index contributed by atoms with van der Waals surface area (Å²) >= 11 is 0. The molecule has 2 N–H and O–H groups in total. The molecule has 9 heteroatoms. The fourth-order valence-electron chi connectivity index (χ4n) is 4.22. The Kier molecular flexibility index (Phi) is 8.43. The maximum Gasteiger partial charge on any atom is 0.323 e. The number of hydrogen-bond donors (Lipinski definition) is 2. The largest absolute Gasteiger partial charge is 0.491 e. The number of fused-ring (bicyclic) bond motifs is 1. The molecule has 0 aromatic heterocycles. The van der Waals surface area contributed by atoms with Gasteiger partial charge in [-0.15, -0.1) is 0 Å². The van der Waals surface area contributed by atoms with Crippen LogP contribution in [0.3, 0.4) is 0 Å². The number of benzene rings is 2. The van der Waals surface area contributed by atoms with E-state index < -0.39 is 6.03 Å². The Balaban J connectivity index is 1.51. The SMILES string of the molecule is COC1CCN(C(=O)CC2CC2)CCOc2ccc(NC(=O)Nc3ccccc3)cc2C(=O)N(C)C1. The standard InChI is InChI=1S/C27H34N4O5/c1-30-18-22(35-2)12-13-31(25(32)16-19-8-9-19)14-15-36-24-11-10-21(17-23(24)26(30)33)29-27(34)28-20-6-4-3-5-7-20/h3-7,10-11,17,19,22H,8-9,12-16,18H2,1-2H3,(H2,28,29,34). The van der Waals surface area contributed by atoms with E-state index in [1.807, 2.05) is 23.1 Å². The van der Waals surface area contributed by atoms with E-state index in [4.69, 9.17) is 9.47 Å². The quantitative estimate of drug-likeness (QED) is 0.658. The molecule has 1 aliphatic carbocycles. The van der Waals surface area contributed by atoms with Crippen LogP contribution in [0.5, 0.6) is 5.75 Å². The van der Waals surface area contributed by atoms with Gasteiger partial charge in [0.25, 0.3) is 5.91 Å². The zero-order valence-electron chi connectivity index (χ0n) is 20.9. The molecule has 0 radical (unpaired) electrons. The normalized spacial score (nSPS) is 18.8. The van der Waals surface area contributed by atoms with Crippen LogP contribution in [0.25, 0.3) is 0 Å². The highest BCUT2D eigenvalue weighted by atomic mass is 16.5. The van der Waals surface area contributed by atoms with Crippen LogP contribution < -0.4 is 15.4 Å². The van der Waals surface area contributed by atoms with Crippen molar-refractivity contribution in [1.82, 2.24) is 9.80 Å². The van der Waals surface area contributed by atoms with Crippen molar-refractivity contribution in [2.24, 2.45) is 5.92 Å². The van der Waals surface area contributed by atoms with Crippen molar-refractivity contribution in [3.05, 3.63) is 54.1 Å². The first-order valence-electron chi connectivity index (χ1n) is 12.4. The van der Waals surface area contributed by atoms with Crippen molar-refractivity contribution in [3.8, 4) is 5.75 Å². The highest BCUT2D eigenvalue weighted by molar-refractivity contribution is 6.02. The van der Waals surface area contributed by atoms with Crippen LogP contribution in [0.15, 0.2) is 48.5 Å². The summed E-state index contributed by atoms with van der Waals surface area (Å²) in [6.45, 7) is 1.62. The lowest BCUT2D eigenvalue weighted by molar-refractivity contribution is -0.132. The molecule has 1 saturated carbocycles. The first kappa shape index (κ1) is 25.5. The van der Waals surface area contributed by atoms with Crippen molar-refractivity contribution >= 4 is 29.2 Å². The molecule has 1 aliphatic heterocycles. The summed E-state index contributed by atoms with van der Waals surface area (Å²) in [6.07, 6.45) is 3.23. The summed E-state index contributed by atoms with van der Waals surface area (Å²) in [6, 6.07) is 13.7. The van der Waals surface area contributed by atoms with Gasteiger partial charge < -0.3 is 29.9 Å². The van der Waals surface area contributed by atoms with Crippen LogP contribution in [0.2, 0.25) is 0 Å². The molecule has 1 unspecified atom stereocenters. The van der Waals surface area contributed by atoms with Gasteiger partial charge in [0.05, 0.1) is 18.2 Å². The summed E-state index contributed by atoms with van der Waals surface area (Å²) in [5, 5.41) is 5.54. The lowest BCUT2D eigenvalue weighted by atomic mass is 10.1. The average Bonchev–Trinajstić information content (AvgIpc) is 3.69. The van der Waals surface area contributed by atoms with Gasteiger partial charge >= 0.3 is 6.03 Å². The van der Waals surface area contributed by atoms with Gasteiger partial charge in [0.2, 0.25) is 5.91 Å². The van der Waals surface area contributed by atoms with Crippen molar-refractivity contribution in [3.63, 3.8) is 0 Å². The van der Waals surface area contributed by atoms with E-state index >= 15 is 0 Å². The number of rotatable bonds is 5. The summed E-state index contributed by atoms with van der Waals surface area (Å²) in [5.74, 6) is 0.820. The summed E-state index contributed by atoms with van der Waals surface area (Å²) in [4.78, 5) is 42.1. The third-order valence-corrected chi connectivity index (χ3v) is 6.51.